The Morgan fingerprint density at radius 2 is 2.06 bits per heavy atom. The predicted octanol–water partition coefficient (Wildman–Crippen LogP) is 2.80. The summed E-state index contributed by atoms with van der Waals surface area (Å²) in [5.41, 5.74) is 1.12. The maximum atomic E-state index is 11.5. The maximum absolute atomic E-state index is 11.5. The van der Waals surface area contributed by atoms with E-state index >= 15 is 0 Å². The molecule has 0 amide bonds. The van der Waals surface area contributed by atoms with Crippen molar-refractivity contribution in [3.63, 3.8) is 0 Å². The van der Waals surface area contributed by atoms with E-state index in [9.17, 15) is 4.79 Å². The summed E-state index contributed by atoms with van der Waals surface area (Å²) in [5, 5.41) is 0. The molecule has 3 heteroatoms. The van der Waals surface area contributed by atoms with Gasteiger partial charge in [0.05, 0.1) is 7.11 Å². The van der Waals surface area contributed by atoms with E-state index in [1.165, 1.54) is 7.11 Å². The van der Waals surface area contributed by atoms with Crippen molar-refractivity contribution in [3.8, 4) is 0 Å². The summed E-state index contributed by atoms with van der Waals surface area (Å²) in [7, 11) is 1.35. The Morgan fingerprint density at radius 1 is 1.33 bits per heavy atom. The van der Waals surface area contributed by atoms with Crippen LogP contribution in [0.25, 0.3) is 0 Å². The average molecular weight is 244 g/mol. The summed E-state index contributed by atoms with van der Waals surface area (Å²) in [6.45, 7) is 1.93. The van der Waals surface area contributed by atoms with Gasteiger partial charge in [0, 0.05) is 5.92 Å². The summed E-state index contributed by atoms with van der Waals surface area (Å²) in [6.07, 6.45) is 5.55. The molecule has 1 aromatic rings. The summed E-state index contributed by atoms with van der Waals surface area (Å²) >= 11 is 0. The second-order valence-corrected chi connectivity index (χ2v) is 4.07. The van der Waals surface area contributed by atoms with Gasteiger partial charge in [-0.2, -0.15) is 0 Å². The van der Waals surface area contributed by atoms with Crippen LogP contribution in [0.3, 0.4) is 0 Å². The van der Waals surface area contributed by atoms with Gasteiger partial charge < -0.3 is 9.47 Å². The molecule has 94 valence electrons. The van der Waals surface area contributed by atoms with E-state index in [0.29, 0.717) is 0 Å². The first kappa shape index (κ1) is 12.4. The van der Waals surface area contributed by atoms with Gasteiger partial charge in [-0.05, 0) is 24.6 Å². The van der Waals surface area contributed by atoms with E-state index in [4.69, 9.17) is 4.74 Å². The zero-order chi connectivity index (χ0) is 13.0. The molecule has 1 aliphatic heterocycles. The van der Waals surface area contributed by atoms with Crippen molar-refractivity contribution in [3.05, 3.63) is 59.9 Å². The number of carbonyl (C=O) groups is 1. The van der Waals surface area contributed by atoms with Crippen LogP contribution >= 0.6 is 0 Å². The lowest BCUT2D eigenvalue weighted by atomic mass is 9.94. The molecular weight excluding hydrogens is 228 g/mol. The second kappa shape index (κ2) is 5.54. The van der Waals surface area contributed by atoms with E-state index in [0.717, 1.165) is 5.56 Å². The molecule has 0 spiro atoms. The molecule has 0 N–H and O–H groups in total. The Morgan fingerprint density at radius 3 is 2.67 bits per heavy atom. The molecule has 2 rings (SSSR count). The number of hydrogen-bond donors (Lipinski definition) is 0. The lowest BCUT2D eigenvalue weighted by molar-refractivity contribution is -0.140. The average Bonchev–Trinajstić information content (AvgIpc) is 2.83. The van der Waals surface area contributed by atoms with Gasteiger partial charge in [-0.15, -0.1) is 0 Å². The number of hydrogen-bond acceptors (Lipinski definition) is 3. The molecule has 3 nitrogen and oxygen atoms in total. The maximum Gasteiger partial charge on any atom is 0.373 e. The zero-order valence-corrected chi connectivity index (χ0v) is 10.5. The molecule has 0 saturated carbocycles. The highest BCUT2D eigenvalue weighted by atomic mass is 16.6. The molecule has 0 fully saturated rings. The van der Waals surface area contributed by atoms with Crippen molar-refractivity contribution in [2.24, 2.45) is 0 Å². The van der Waals surface area contributed by atoms with Crippen molar-refractivity contribution in [1.29, 1.82) is 0 Å². The zero-order valence-electron chi connectivity index (χ0n) is 10.5. The molecule has 0 aromatic heterocycles. The molecule has 0 unspecified atom stereocenters. The number of benzene rings is 1. The number of carbonyl (C=O) groups excluding carboxylic acids is 1. The molecule has 0 aliphatic carbocycles. The smallest absolute Gasteiger partial charge is 0.373 e. The number of methoxy groups -OCH3 is 1. The largest absolute Gasteiger partial charge is 0.478 e. The van der Waals surface area contributed by atoms with Gasteiger partial charge in [0.15, 0.2) is 0 Å². The number of rotatable bonds is 3. The fourth-order valence-corrected chi connectivity index (χ4v) is 2.04. The van der Waals surface area contributed by atoms with E-state index in [2.05, 4.69) is 4.74 Å². The molecule has 2 atom stereocenters. The summed E-state index contributed by atoms with van der Waals surface area (Å²) in [5.74, 6) is -0.0890. The lowest BCUT2D eigenvalue weighted by Crippen LogP contribution is -2.13. The Bertz CT molecular complexity index is 474. The second-order valence-electron chi connectivity index (χ2n) is 4.07. The highest BCUT2D eigenvalue weighted by Gasteiger charge is 2.31. The SMILES string of the molecule is C/C=C/[C@H]1OC(C(=O)OC)=C[C@H]1c1ccccc1. The summed E-state index contributed by atoms with van der Waals surface area (Å²) in [6, 6.07) is 9.98. The van der Waals surface area contributed by atoms with Crippen LogP contribution in [0.1, 0.15) is 18.4 Å². The molecule has 1 aliphatic rings. The molecule has 0 bridgehead atoms. The van der Waals surface area contributed by atoms with Crippen molar-refractivity contribution in [2.45, 2.75) is 18.9 Å². The predicted molar refractivity (Wildman–Crippen MR) is 69.0 cm³/mol. The third-order valence-electron chi connectivity index (χ3n) is 2.90. The van der Waals surface area contributed by atoms with Gasteiger partial charge in [0.1, 0.15) is 6.10 Å². The minimum absolute atomic E-state index is 0.0523. The van der Waals surface area contributed by atoms with Crippen LogP contribution < -0.4 is 0 Å². The Hall–Kier alpha value is -2.03. The van der Waals surface area contributed by atoms with E-state index in [-0.39, 0.29) is 17.8 Å². The molecular formula is C15H16O3. The Labute approximate surface area is 107 Å². The first-order chi connectivity index (χ1) is 8.76. The number of ether oxygens (including phenoxy) is 2. The van der Waals surface area contributed by atoms with Crippen molar-refractivity contribution in [1.82, 2.24) is 0 Å². The first-order valence-corrected chi connectivity index (χ1v) is 5.91. The summed E-state index contributed by atoms with van der Waals surface area (Å²) < 4.78 is 10.3. The molecule has 0 radical (unpaired) electrons. The van der Waals surface area contributed by atoms with Crippen molar-refractivity contribution in [2.75, 3.05) is 7.11 Å². The van der Waals surface area contributed by atoms with Crippen LogP contribution in [0, 0.1) is 0 Å². The molecule has 1 aromatic carbocycles. The third-order valence-corrected chi connectivity index (χ3v) is 2.90. The fourth-order valence-electron chi connectivity index (χ4n) is 2.04. The van der Waals surface area contributed by atoms with Crippen LogP contribution in [0.4, 0.5) is 0 Å². The minimum Gasteiger partial charge on any atom is -0.478 e. The molecule has 1 heterocycles. The Kier molecular flexibility index (Phi) is 3.82. The van der Waals surface area contributed by atoms with Gasteiger partial charge in [0.2, 0.25) is 5.76 Å². The minimum atomic E-state index is -0.428. The fraction of sp³-hybridized carbons (Fsp3) is 0.267. The van der Waals surface area contributed by atoms with E-state index < -0.39 is 5.97 Å². The monoisotopic (exact) mass is 244 g/mol. The van der Waals surface area contributed by atoms with Crippen molar-refractivity contribution >= 4 is 5.97 Å². The van der Waals surface area contributed by atoms with Crippen LogP contribution in [0.5, 0.6) is 0 Å². The van der Waals surface area contributed by atoms with Gasteiger partial charge >= 0.3 is 5.97 Å². The number of allylic oxidation sites excluding steroid dienone is 1. The quantitative estimate of drug-likeness (QED) is 0.606. The Balaban J connectivity index is 2.29. The first-order valence-electron chi connectivity index (χ1n) is 5.91. The van der Waals surface area contributed by atoms with Gasteiger partial charge in [-0.3, -0.25) is 0 Å². The standard InChI is InChI=1S/C15H16O3/c1-3-7-13-12(11-8-5-4-6-9-11)10-14(18-13)15(16)17-2/h3-10,12-13H,1-2H3/b7-3+/t12-,13+/m0/s1. The molecule has 18 heavy (non-hydrogen) atoms. The van der Waals surface area contributed by atoms with Gasteiger partial charge in [-0.1, -0.05) is 36.4 Å². The highest BCUT2D eigenvalue weighted by Crippen LogP contribution is 2.33. The van der Waals surface area contributed by atoms with E-state index in [1.807, 2.05) is 55.5 Å². The van der Waals surface area contributed by atoms with Crippen LogP contribution in [0.2, 0.25) is 0 Å². The van der Waals surface area contributed by atoms with Crippen LogP contribution in [-0.2, 0) is 14.3 Å². The van der Waals surface area contributed by atoms with Gasteiger partial charge in [-0.25, -0.2) is 4.79 Å². The summed E-state index contributed by atoms with van der Waals surface area (Å²) in [4.78, 5) is 11.5. The molecule has 0 saturated heterocycles. The topological polar surface area (TPSA) is 35.5 Å². The third kappa shape index (κ3) is 2.45. The van der Waals surface area contributed by atoms with Crippen molar-refractivity contribution < 1.29 is 14.3 Å². The van der Waals surface area contributed by atoms with Crippen LogP contribution in [0.15, 0.2) is 54.3 Å². The van der Waals surface area contributed by atoms with Crippen LogP contribution in [-0.4, -0.2) is 19.2 Å². The number of esters is 1. The highest BCUT2D eigenvalue weighted by molar-refractivity contribution is 5.87. The van der Waals surface area contributed by atoms with Gasteiger partial charge in [0.25, 0.3) is 0 Å². The normalized spacial score (nSPS) is 22.7. The van der Waals surface area contributed by atoms with E-state index in [1.54, 1.807) is 0 Å². The lowest BCUT2D eigenvalue weighted by Gasteiger charge is -2.15.